The van der Waals surface area contributed by atoms with Crippen molar-refractivity contribution < 1.29 is 0 Å². The van der Waals surface area contributed by atoms with E-state index in [1.807, 2.05) is 0 Å². The lowest BCUT2D eigenvalue weighted by Gasteiger charge is -2.10. The molecule has 1 aliphatic rings. The molecule has 0 aromatic heterocycles. The molecule has 1 saturated carbocycles. The topological polar surface area (TPSA) is 26.0 Å². The maximum absolute atomic E-state index is 6.07. The summed E-state index contributed by atoms with van der Waals surface area (Å²) >= 11 is 0. The van der Waals surface area contributed by atoms with E-state index in [4.69, 9.17) is 5.73 Å². The first-order valence-corrected chi connectivity index (χ1v) is 4.59. The van der Waals surface area contributed by atoms with Gasteiger partial charge in [0.05, 0.1) is 0 Å². The molecular formula is C11H16ClN. The summed E-state index contributed by atoms with van der Waals surface area (Å²) in [6, 6.07) is 8.82. The number of halogens is 1. The van der Waals surface area contributed by atoms with Gasteiger partial charge in [-0.15, -0.1) is 12.4 Å². The van der Waals surface area contributed by atoms with Crippen LogP contribution in [0.3, 0.4) is 0 Å². The summed E-state index contributed by atoms with van der Waals surface area (Å²) in [6.07, 6.45) is 2.63. The molecule has 0 heterocycles. The van der Waals surface area contributed by atoms with Crippen LogP contribution in [0.15, 0.2) is 24.3 Å². The second-order valence-electron chi connectivity index (χ2n) is 3.78. The highest BCUT2D eigenvalue weighted by atomic mass is 35.5. The van der Waals surface area contributed by atoms with Gasteiger partial charge in [0.1, 0.15) is 0 Å². The van der Waals surface area contributed by atoms with Crippen LogP contribution in [0.2, 0.25) is 0 Å². The summed E-state index contributed by atoms with van der Waals surface area (Å²) in [4.78, 5) is 0. The van der Waals surface area contributed by atoms with Crippen LogP contribution in [0.25, 0.3) is 0 Å². The minimum absolute atomic E-state index is 0. The molecule has 1 fully saturated rings. The van der Waals surface area contributed by atoms with Gasteiger partial charge in [0.15, 0.2) is 0 Å². The first-order chi connectivity index (χ1) is 5.77. The van der Waals surface area contributed by atoms with E-state index in [0.717, 1.165) is 5.92 Å². The molecule has 13 heavy (non-hydrogen) atoms. The highest BCUT2D eigenvalue weighted by Gasteiger charge is 2.29. The Morgan fingerprint density at radius 1 is 1.38 bits per heavy atom. The molecule has 0 bridgehead atoms. The zero-order chi connectivity index (χ0) is 8.55. The Morgan fingerprint density at radius 3 is 2.62 bits per heavy atom. The van der Waals surface area contributed by atoms with Crippen LogP contribution in [-0.2, 0) is 0 Å². The fourth-order valence-corrected chi connectivity index (χ4v) is 1.60. The molecule has 0 amide bonds. The molecule has 2 heteroatoms. The van der Waals surface area contributed by atoms with Crippen LogP contribution in [0.1, 0.15) is 30.0 Å². The molecular weight excluding hydrogens is 182 g/mol. The SMILES string of the molecule is Cc1cccc([C@H](N)C2CC2)c1.Cl. The van der Waals surface area contributed by atoms with Gasteiger partial charge in [0.25, 0.3) is 0 Å². The summed E-state index contributed by atoms with van der Waals surface area (Å²) in [6.45, 7) is 2.11. The van der Waals surface area contributed by atoms with Gasteiger partial charge in [-0.3, -0.25) is 0 Å². The van der Waals surface area contributed by atoms with E-state index in [0.29, 0.717) is 0 Å². The molecule has 2 N–H and O–H groups in total. The number of hydrogen-bond donors (Lipinski definition) is 1. The largest absolute Gasteiger partial charge is 0.324 e. The lowest BCUT2D eigenvalue weighted by molar-refractivity contribution is 0.633. The summed E-state index contributed by atoms with van der Waals surface area (Å²) in [5.41, 5.74) is 8.68. The second-order valence-corrected chi connectivity index (χ2v) is 3.78. The molecule has 1 aromatic rings. The van der Waals surface area contributed by atoms with Gasteiger partial charge < -0.3 is 5.73 Å². The minimum Gasteiger partial charge on any atom is -0.324 e. The Hall–Kier alpha value is -0.530. The lowest BCUT2D eigenvalue weighted by Crippen LogP contribution is -2.12. The Balaban J connectivity index is 0.000000845. The average Bonchev–Trinajstić information content (AvgIpc) is 2.85. The molecule has 1 atom stereocenters. The highest BCUT2D eigenvalue weighted by molar-refractivity contribution is 5.85. The third kappa shape index (κ3) is 2.45. The van der Waals surface area contributed by atoms with Crippen LogP contribution in [-0.4, -0.2) is 0 Å². The number of nitrogens with two attached hydrogens (primary N) is 1. The van der Waals surface area contributed by atoms with E-state index in [2.05, 4.69) is 31.2 Å². The second kappa shape index (κ2) is 4.12. The monoisotopic (exact) mass is 197 g/mol. The zero-order valence-electron chi connectivity index (χ0n) is 7.86. The summed E-state index contributed by atoms with van der Waals surface area (Å²) in [5, 5.41) is 0. The van der Waals surface area contributed by atoms with Gasteiger partial charge in [-0.2, -0.15) is 0 Å². The standard InChI is InChI=1S/C11H15N.ClH/c1-8-3-2-4-10(7-8)11(12)9-5-6-9;/h2-4,7,9,11H,5-6,12H2,1H3;1H/t11-;/m1./s1. The van der Waals surface area contributed by atoms with E-state index in [9.17, 15) is 0 Å². The van der Waals surface area contributed by atoms with Crippen molar-refractivity contribution in [3.05, 3.63) is 35.4 Å². The third-order valence-corrected chi connectivity index (χ3v) is 2.56. The van der Waals surface area contributed by atoms with Crippen molar-refractivity contribution in [3.63, 3.8) is 0 Å². The van der Waals surface area contributed by atoms with Crippen molar-refractivity contribution in [1.82, 2.24) is 0 Å². The van der Waals surface area contributed by atoms with Crippen LogP contribution >= 0.6 is 12.4 Å². The Labute approximate surface area is 85.7 Å². The van der Waals surface area contributed by atoms with E-state index in [-0.39, 0.29) is 18.4 Å². The van der Waals surface area contributed by atoms with Crippen LogP contribution in [0.5, 0.6) is 0 Å². The lowest BCUT2D eigenvalue weighted by atomic mass is 10.0. The summed E-state index contributed by atoms with van der Waals surface area (Å²) < 4.78 is 0. The molecule has 72 valence electrons. The fourth-order valence-electron chi connectivity index (χ4n) is 1.60. The first kappa shape index (κ1) is 10.6. The van der Waals surface area contributed by atoms with Gasteiger partial charge in [-0.25, -0.2) is 0 Å². The van der Waals surface area contributed by atoms with Crippen molar-refractivity contribution in [3.8, 4) is 0 Å². The quantitative estimate of drug-likeness (QED) is 0.776. The third-order valence-electron chi connectivity index (χ3n) is 2.56. The van der Waals surface area contributed by atoms with Crippen LogP contribution in [0, 0.1) is 12.8 Å². The average molecular weight is 198 g/mol. The van der Waals surface area contributed by atoms with Gasteiger partial charge in [-0.1, -0.05) is 29.8 Å². The molecule has 1 nitrogen and oxygen atoms in total. The molecule has 0 unspecified atom stereocenters. The molecule has 0 radical (unpaired) electrons. The predicted molar refractivity (Wildman–Crippen MR) is 58.1 cm³/mol. The fraction of sp³-hybridized carbons (Fsp3) is 0.455. The van der Waals surface area contributed by atoms with Gasteiger partial charge in [0.2, 0.25) is 0 Å². The van der Waals surface area contributed by atoms with E-state index < -0.39 is 0 Å². The normalized spacial score (nSPS) is 17.7. The molecule has 0 spiro atoms. The van der Waals surface area contributed by atoms with Crippen LogP contribution < -0.4 is 5.73 Å². The van der Waals surface area contributed by atoms with Crippen molar-refractivity contribution in [1.29, 1.82) is 0 Å². The highest BCUT2D eigenvalue weighted by Crippen LogP contribution is 2.39. The summed E-state index contributed by atoms with van der Waals surface area (Å²) in [5.74, 6) is 0.756. The maximum atomic E-state index is 6.07. The number of rotatable bonds is 2. The van der Waals surface area contributed by atoms with Crippen molar-refractivity contribution in [2.75, 3.05) is 0 Å². The van der Waals surface area contributed by atoms with Crippen molar-refractivity contribution in [2.24, 2.45) is 11.7 Å². The predicted octanol–water partition coefficient (Wildman–Crippen LogP) is 2.83. The Bertz CT molecular complexity index is 281. The Morgan fingerprint density at radius 2 is 2.08 bits per heavy atom. The van der Waals surface area contributed by atoms with E-state index >= 15 is 0 Å². The maximum Gasteiger partial charge on any atom is 0.0323 e. The van der Waals surface area contributed by atoms with E-state index in [1.54, 1.807) is 0 Å². The zero-order valence-corrected chi connectivity index (χ0v) is 8.68. The number of aryl methyl sites for hydroxylation is 1. The van der Waals surface area contributed by atoms with Crippen molar-refractivity contribution >= 4 is 12.4 Å². The number of hydrogen-bond acceptors (Lipinski definition) is 1. The van der Waals surface area contributed by atoms with Crippen molar-refractivity contribution in [2.45, 2.75) is 25.8 Å². The molecule has 0 saturated heterocycles. The Kier molecular flexibility index (Phi) is 3.34. The molecule has 0 aliphatic heterocycles. The van der Waals surface area contributed by atoms with Crippen LogP contribution in [0.4, 0.5) is 0 Å². The molecule has 1 aliphatic carbocycles. The number of benzene rings is 1. The van der Waals surface area contributed by atoms with Gasteiger partial charge >= 0.3 is 0 Å². The smallest absolute Gasteiger partial charge is 0.0323 e. The minimum atomic E-state index is 0. The van der Waals surface area contributed by atoms with Gasteiger partial charge in [0, 0.05) is 6.04 Å². The molecule has 2 rings (SSSR count). The summed E-state index contributed by atoms with van der Waals surface area (Å²) in [7, 11) is 0. The van der Waals surface area contributed by atoms with Gasteiger partial charge in [-0.05, 0) is 31.2 Å². The van der Waals surface area contributed by atoms with E-state index in [1.165, 1.54) is 24.0 Å². The molecule has 1 aromatic carbocycles. The first-order valence-electron chi connectivity index (χ1n) is 4.59.